The Hall–Kier alpha value is -0.830. The molecule has 0 spiro atoms. The van der Waals surface area contributed by atoms with Crippen molar-refractivity contribution in [2.45, 2.75) is 26.7 Å². The number of aromatic nitrogens is 2. The number of rotatable bonds is 2. The van der Waals surface area contributed by atoms with Gasteiger partial charge in [-0.3, -0.25) is 0 Å². The predicted molar refractivity (Wildman–Crippen MR) is 60.2 cm³/mol. The zero-order valence-electron chi connectivity index (χ0n) is 9.30. The van der Waals surface area contributed by atoms with Gasteiger partial charge in [0.05, 0.1) is 0 Å². The van der Waals surface area contributed by atoms with Gasteiger partial charge in [-0.05, 0) is 12.8 Å². The zero-order chi connectivity index (χ0) is 10.9. The van der Waals surface area contributed by atoms with Crippen molar-refractivity contribution in [3.05, 3.63) is 16.4 Å². The van der Waals surface area contributed by atoms with Gasteiger partial charge in [0.15, 0.2) is 0 Å². The highest BCUT2D eigenvalue weighted by molar-refractivity contribution is 6.30. The van der Waals surface area contributed by atoms with Gasteiger partial charge in [0.1, 0.15) is 5.15 Å². The highest BCUT2D eigenvalue weighted by Gasteiger charge is 2.13. The molecule has 0 radical (unpaired) electrons. The summed E-state index contributed by atoms with van der Waals surface area (Å²) in [7, 11) is 3.81. The van der Waals surface area contributed by atoms with Crippen LogP contribution in [0.2, 0.25) is 5.15 Å². The van der Waals surface area contributed by atoms with Crippen LogP contribution in [0.4, 0.5) is 5.95 Å². The molecule has 0 unspecified atom stereocenters. The van der Waals surface area contributed by atoms with E-state index in [0.717, 1.165) is 11.3 Å². The molecule has 0 aromatic carbocycles. The Morgan fingerprint density at radius 1 is 1.21 bits per heavy atom. The Kier molecular flexibility index (Phi) is 3.32. The highest BCUT2D eigenvalue weighted by Crippen LogP contribution is 2.26. The third-order valence-electron chi connectivity index (χ3n) is 2.06. The minimum absolute atomic E-state index is 0.360. The Morgan fingerprint density at radius 2 is 1.79 bits per heavy atom. The number of halogens is 1. The molecule has 0 N–H and O–H groups in total. The summed E-state index contributed by atoms with van der Waals surface area (Å²) in [5.74, 6) is 1.02. The second-order valence-electron chi connectivity index (χ2n) is 3.86. The van der Waals surface area contributed by atoms with Gasteiger partial charge in [-0.25, -0.2) is 9.97 Å². The van der Waals surface area contributed by atoms with E-state index in [0.29, 0.717) is 17.0 Å². The summed E-state index contributed by atoms with van der Waals surface area (Å²) in [4.78, 5) is 10.5. The molecule has 78 valence electrons. The van der Waals surface area contributed by atoms with E-state index >= 15 is 0 Å². The lowest BCUT2D eigenvalue weighted by Crippen LogP contribution is -2.14. The standard InChI is InChI=1S/C10H16ClN3/c1-6(2)8-7(3)12-10(14(4)5)13-9(8)11/h6H,1-5H3. The third-order valence-corrected chi connectivity index (χ3v) is 2.34. The van der Waals surface area contributed by atoms with E-state index in [1.165, 1.54) is 0 Å². The van der Waals surface area contributed by atoms with Crippen LogP contribution in [-0.2, 0) is 0 Å². The molecular weight excluding hydrogens is 198 g/mol. The fourth-order valence-corrected chi connectivity index (χ4v) is 1.82. The van der Waals surface area contributed by atoms with Crippen molar-refractivity contribution in [2.75, 3.05) is 19.0 Å². The van der Waals surface area contributed by atoms with Crippen LogP contribution in [0.5, 0.6) is 0 Å². The maximum atomic E-state index is 6.10. The Labute approximate surface area is 90.1 Å². The SMILES string of the molecule is Cc1nc(N(C)C)nc(Cl)c1C(C)C. The normalized spacial score (nSPS) is 10.8. The van der Waals surface area contributed by atoms with E-state index in [4.69, 9.17) is 11.6 Å². The van der Waals surface area contributed by atoms with Crippen molar-refractivity contribution < 1.29 is 0 Å². The lowest BCUT2D eigenvalue weighted by Gasteiger charge is -2.15. The maximum absolute atomic E-state index is 6.10. The lowest BCUT2D eigenvalue weighted by atomic mass is 10.0. The summed E-state index contributed by atoms with van der Waals surface area (Å²) in [5, 5.41) is 0.566. The molecule has 0 atom stereocenters. The van der Waals surface area contributed by atoms with E-state index < -0.39 is 0 Å². The monoisotopic (exact) mass is 213 g/mol. The molecular formula is C10H16ClN3. The van der Waals surface area contributed by atoms with Crippen LogP contribution in [0.1, 0.15) is 31.0 Å². The fraction of sp³-hybridized carbons (Fsp3) is 0.600. The summed E-state index contributed by atoms with van der Waals surface area (Å²) in [6, 6.07) is 0. The van der Waals surface area contributed by atoms with Gasteiger partial charge in [0.2, 0.25) is 5.95 Å². The molecule has 0 saturated heterocycles. The Morgan fingerprint density at radius 3 is 2.14 bits per heavy atom. The molecule has 0 aliphatic heterocycles. The summed E-state index contributed by atoms with van der Waals surface area (Å²) in [5.41, 5.74) is 2.00. The Balaban J connectivity index is 3.25. The lowest BCUT2D eigenvalue weighted by molar-refractivity contribution is 0.823. The molecule has 4 heteroatoms. The number of aryl methyl sites for hydroxylation is 1. The topological polar surface area (TPSA) is 29.0 Å². The highest BCUT2D eigenvalue weighted by atomic mass is 35.5. The first-order chi connectivity index (χ1) is 6.43. The average Bonchev–Trinajstić information content (AvgIpc) is 2.01. The average molecular weight is 214 g/mol. The van der Waals surface area contributed by atoms with Gasteiger partial charge < -0.3 is 4.90 Å². The van der Waals surface area contributed by atoms with Crippen LogP contribution < -0.4 is 4.90 Å². The smallest absolute Gasteiger partial charge is 0.226 e. The number of hydrogen-bond acceptors (Lipinski definition) is 3. The molecule has 1 aromatic heterocycles. The molecule has 1 heterocycles. The molecule has 0 aliphatic rings. The molecule has 0 saturated carbocycles. The second-order valence-corrected chi connectivity index (χ2v) is 4.22. The first-order valence-corrected chi connectivity index (χ1v) is 5.02. The number of hydrogen-bond donors (Lipinski definition) is 0. The third kappa shape index (κ3) is 2.15. The van der Waals surface area contributed by atoms with Gasteiger partial charge in [-0.2, -0.15) is 0 Å². The van der Waals surface area contributed by atoms with Crippen LogP contribution in [0.3, 0.4) is 0 Å². The van der Waals surface area contributed by atoms with Crippen LogP contribution in [0, 0.1) is 6.92 Å². The first-order valence-electron chi connectivity index (χ1n) is 4.64. The molecule has 3 nitrogen and oxygen atoms in total. The predicted octanol–water partition coefficient (Wildman–Crippen LogP) is 2.63. The van der Waals surface area contributed by atoms with E-state index in [9.17, 15) is 0 Å². The van der Waals surface area contributed by atoms with Gasteiger partial charge >= 0.3 is 0 Å². The molecule has 0 bridgehead atoms. The molecule has 14 heavy (non-hydrogen) atoms. The number of anilines is 1. The molecule has 0 amide bonds. The molecule has 0 fully saturated rings. The molecule has 0 aliphatic carbocycles. The Bertz CT molecular complexity index is 311. The van der Waals surface area contributed by atoms with E-state index in [1.807, 2.05) is 25.9 Å². The largest absolute Gasteiger partial charge is 0.347 e. The van der Waals surface area contributed by atoms with Crippen LogP contribution in [0.15, 0.2) is 0 Å². The number of nitrogens with zero attached hydrogens (tertiary/aromatic N) is 3. The van der Waals surface area contributed by atoms with Crippen molar-refractivity contribution in [1.29, 1.82) is 0 Å². The second kappa shape index (κ2) is 4.13. The van der Waals surface area contributed by atoms with Crippen molar-refractivity contribution in [3.63, 3.8) is 0 Å². The minimum atomic E-state index is 0.360. The zero-order valence-corrected chi connectivity index (χ0v) is 10.1. The van der Waals surface area contributed by atoms with Crippen LogP contribution in [-0.4, -0.2) is 24.1 Å². The van der Waals surface area contributed by atoms with Gasteiger partial charge in [0.25, 0.3) is 0 Å². The summed E-state index contributed by atoms with van der Waals surface area (Å²) >= 11 is 6.10. The fourth-order valence-electron chi connectivity index (χ4n) is 1.39. The minimum Gasteiger partial charge on any atom is -0.347 e. The van der Waals surface area contributed by atoms with Crippen LogP contribution in [0.25, 0.3) is 0 Å². The summed E-state index contributed by atoms with van der Waals surface area (Å²) < 4.78 is 0. The molecule has 1 rings (SSSR count). The summed E-state index contributed by atoms with van der Waals surface area (Å²) in [6.45, 7) is 6.15. The van der Waals surface area contributed by atoms with E-state index in [-0.39, 0.29) is 0 Å². The van der Waals surface area contributed by atoms with Crippen molar-refractivity contribution >= 4 is 17.5 Å². The van der Waals surface area contributed by atoms with E-state index in [1.54, 1.807) is 0 Å². The van der Waals surface area contributed by atoms with Gasteiger partial charge in [-0.15, -0.1) is 0 Å². The summed E-state index contributed by atoms with van der Waals surface area (Å²) in [6.07, 6.45) is 0. The van der Waals surface area contributed by atoms with Crippen molar-refractivity contribution in [1.82, 2.24) is 9.97 Å². The van der Waals surface area contributed by atoms with Crippen molar-refractivity contribution in [3.8, 4) is 0 Å². The first kappa shape index (κ1) is 11.2. The quantitative estimate of drug-likeness (QED) is 0.708. The van der Waals surface area contributed by atoms with Crippen molar-refractivity contribution in [2.24, 2.45) is 0 Å². The van der Waals surface area contributed by atoms with E-state index in [2.05, 4.69) is 23.8 Å². The van der Waals surface area contributed by atoms with Gasteiger partial charge in [0, 0.05) is 25.4 Å². The maximum Gasteiger partial charge on any atom is 0.226 e. The molecule has 1 aromatic rings. The van der Waals surface area contributed by atoms with Gasteiger partial charge in [-0.1, -0.05) is 25.4 Å². The van der Waals surface area contributed by atoms with Crippen LogP contribution >= 0.6 is 11.6 Å².